The SMILES string of the molecule is Cc1cc(NCc2ccccn2)nc(N)n1. The number of rotatable bonds is 3. The van der Waals surface area contributed by atoms with Gasteiger partial charge in [-0.2, -0.15) is 4.98 Å². The van der Waals surface area contributed by atoms with Crippen LogP contribution < -0.4 is 11.1 Å². The van der Waals surface area contributed by atoms with E-state index >= 15 is 0 Å². The lowest BCUT2D eigenvalue weighted by atomic mass is 10.3. The van der Waals surface area contributed by atoms with Crippen molar-refractivity contribution in [1.82, 2.24) is 15.0 Å². The summed E-state index contributed by atoms with van der Waals surface area (Å²) in [5.74, 6) is 0.999. The van der Waals surface area contributed by atoms with Crippen LogP contribution in [0.4, 0.5) is 11.8 Å². The number of hydrogen-bond donors (Lipinski definition) is 2. The lowest BCUT2D eigenvalue weighted by Gasteiger charge is -2.06. The molecule has 0 aromatic carbocycles. The van der Waals surface area contributed by atoms with Crippen molar-refractivity contribution in [2.45, 2.75) is 13.5 Å². The number of pyridine rings is 1. The van der Waals surface area contributed by atoms with Crippen LogP contribution in [0.1, 0.15) is 11.4 Å². The molecule has 0 aliphatic heterocycles. The van der Waals surface area contributed by atoms with Gasteiger partial charge >= 0.3 is 0 Å². The summed E-state index contributed by atoms with van der Waals surface area (Å²) in [5, 5.41) is 3.15. The predicted octanol–water partition coefficient (Wildman–Crippen LogP) is 1.37. The van der Waals surface area contributed by atoms with E-state index in [-0.39, 0.29) is 5.95 Å². The summed E-state index contributed by atoms with van der Waals surface area (Å²) in [7, 11) is 0. The topological polar surface area (TPSA) is 76.7 Å². The molecule has 0 spiro atoms. The normalized spacial score (nSPS) is 10.1. The summed E-state index contributed by atoms with van der Waals surface area (Å²) in [6, 6.07) is 7.63. The van der Waals surface area contributed by atoms with Crippen molar-refractivity contribution >= 4 is 11.8 Å². The van der Waals surface area contributed by atoms with Crippen LogP contribution in [-0.2, 0) is 6.54 Å². The van der Waals surface area contributed by atoms with Crippen LogP contribution >= 0.6 is 0 Å². The first-order chi connectivity index (χ1) is 7.74. The Labute approximate surface area is 93.8 Å². The summed E-state index contributed by atoms with van der Waals surface area (Å²) in [6.07, 6.45) is 1.76. The van der Waals surface area contributed by atoms with Crippen molar-refractivity contribution in [2.24, 2.45) is 0 Å². The van der Waals surface area contributed by atoms with E-state index in [0.717, 1.165) is 17.2 Å². The molecule has 0 saturated carbocycles. The monoisotopic (exact) mass is 215 g/mol. The average Bonchev–Trinajstić information content (AvgIpc) is 2.27. The van der Waals surface area contributed by atoms with E-state index in [1.54, 1.807) is 6.20 Å². The van der Waals surface area contributed by atoms with E-state index in [0.29, 0.717) is 6.54 Å². The summed E-state index contributed by atoms with van der Waals surface area (Å²) in [5.41, 5.74) is 7.35. The number of nitrogen functional groups attached to an aromatic ring is 1. The minimum Gasteiger partial charge on any atom is -0.368 e. The molecule has 2 rings (SSSR count). The fourth-order valence-electron chi connectivity index (χ4n) is 1.37. The van der Waals surface area contributed by atoms with E-state index in [1.165, 1.54) is 0 Å². The third-order valence-corrected chi connectivity index (χ3v) is 2.05. The quantitative estimate of drug-likeness (QED) is 0.808. The number of hydrogen-bond acceptors (Lipinski definition) is 5. The molecule has 0 aliphatic carbocycles. The Hall–Kier alpha value is -2.17. The smallest absolute Gasteiger partial charge is 0.222 e. The molecular formula is C11H13N5. The van der Waals surface area contributed by atoms with E-state index in [4.69, 9.17) is 5.73 Å². The Morgan fingerprint density at radius 1 is 1.31 bits per heavy atom. The van der Waals surface area contributed by atoms with E-state index < -0.39 is 0 Å². The molecule has 0 radical (unpaired) electrons. The summed E-state index contributed by atoms with van der Waals surface area (Å²) < 4.78 is 0. The first-order valence-electron chi connectivity index (χ1n) is 4.99. The largest absolute Gasteiger partial charge is 0.368 e. The Balaban J connectivity index is 2.05. The first-order valence-corrected chi connectivity index (χ1v) is 4.99. The van der Waals surface area contributed by atoms with Crippen LogP contribution in [0.15, 0.2) is 30.5 Å². The van der Waals surface area contributed by atoms with Crippen LogP contribution in [0, 0.1) is 6.92 Å². The standard InChI is InChI=1S/C11H13N5/c1-8-6-10(16-11(12)15-8)14-7-9-4-2-3-5-13-9/h2-6H,7H2,1H3,(H3,12,14,15,16). The van der Waals surface area contributed by atoms with Crippen molar-refractivity contribution in [1.29, 1.82) is 0 Å². The summed E-state index contributed by atoms with van der Waals surface area (Å²) in [6.45, 7) is 2.50. The Bertz CT molecular complexity index is 449. The van der Waals surface area contributed by atoms with Crippen LogP contribution in [-0.4, -0.2) is 15.0 Å². The van der Waals surface area contributed by atoms with Gasteiger partial charge in [-0.3, -0.25) is 4.98 Å². The third kappa shape index (κ3) is 2.66. The predicted molar refractivity (Wildman–Crippen MR) is 62.7 cm³/mol. The van der Waals surface area contributed by atoms with Crippen molar-refractivity contribution in [3.05, 3.63) is 41.9 Å². The lowest BCUT2D eigenvalue weighted by molar-refractivity contribution is 1.02. The highest BCUT2D eigenvalue weighted by molar-refractivity contribution is 5.40. The van der Waals surface area contributed by atoms with Gasteiger partial charge in [0.2, 0.25) is 5.95 Å². The van der Waals surface area contributed by atoms with Gasteiger partial charge < -0.3 is 11.1 Å². The Kier molecular flexibility index (Phi) is 2.95. The molecule has 0 bridgehead atoms. The van der Waals surface area contributed by atoms with Gasteiger partial charge in [0.15, 0.2) is 0 Å². The lowest BCUT2D eigenvalue weighted by Crippen LogP contribution is -2.06. The fourth-order valence-corrected chi connectivity index (χ4v) is 1.37. The number of aromatic nitrogens is 3. The minimum absolute atomic E-state index is 0.281. The molecule has 5 heteroatoms. The molecular weight excluding hydrogens is 202 g/mol. The highest BCUT2D eigenvalue weighted by atomic mass is 15.1. The van der Waals surface area contributed by atoms with E-state index in [2.05, 4.69) is 20.3 Å². The van der Waals surface area contributed by atoms with Crippen LogP contribution in [0.3, 0.4) is 0 Å². The second-order valence-corrected chi connectivity index (χ2v) is 3.43. The van der Waals surface area contributed by atoms with Gasteiger partial charge in [0.1, 0.15) is 5.82 Å². The van der Waals surface area contributed by atoms with Crippen molar-refractivity contribution in [3.63, 3.8) is 0 Å². The molecule has 0 atom stereocenters. The van der Waals surface area contributed by atoms with Crippen molar-refractivity contribution in [3.8, 4) is 0 Å². The molecule has 0 saturated heterocycles. The number of aryl methyl sites for hydroxylation is 1. The molecule has 2 heterocycles. The van der Waals surface area contributed by atoms with Gasteiger partial charge in [-0.1, -0.05) is 6.07 Å². The minimum atomic E-state index is 0.281. The van der Waals surface area contributed by atoms with Gasteiger partial charge in [0, 0.05) is 18.0 Å². The molecule has 0 amide bonds. The fraction of sp³-hybridized carbons (Fsp3) is 0.182. The number of nitrogens with zero attached hydrogens (tertiary/aromatic N) is 3. The molecule has 2 aromatic heterocycles. The zero-order valence-corrected chi connectivity index (χ0v) is 9.01. The number of nitrogens with one attached hydrogen (secondary N) is 1. The molecule has 0 fully saturated rings. The van der Waals surface area contributed by atoms with Gasteiger partial charge in [-0.05, 0) is 19.1 Å². The molecule has 3 N–H and O–H groups in total. The van der Waals surface area contributed by atoms with Gasteiger partial charge in [-0.25, -0.2) is 4.98 Å². The molecule has 2 aromatic rings. The second-order valence-electron chi connectivity index (χ2n) is 3.43. The summed E-state index contributed by atoms with van der Waals surface area (Å²) >= 11 is 0. The molecule has 5 nitrogen and oxygen atoms in total. The number of nitrogens with two attached hydrogens (primary N) is 1. The van der Waals surface area contributed by atoms with Crippen LogP contribution in [0.5, 0.6) is 0 Å². The molecule has 16 heavy (non-hydrogen) atoms. The Morgan fingerprint density at radius 3 is 2.88 bits per heavy atom. The zero-order valence-electron chi connectivity index (χ0n) is 9.01. The molecule has 0 unspecified atom stereocenters. The third-order valence-electron chi connectivity index (χ3n) is 2.05. The van der Waals surface area contributed by atoms with Crippen molar-refractivity contribution < 1.29 is 0 Å². The maximum absolute atomic E-state index is 5.55. The first kappa shape index (κ1) is 10.4. The zero-order chi connectivity index (χ0) is 11.4. The van der Waals surface area contributed by atoms with Crippen molar-refractivity contribution in [2.75, 3.05) is 11.1 Å². The van der Waals surface area contributed by atoms with Gasteiger partial charge in [-0.15, -0.1) is 0 Å². The Morgan fingerprint density at radius 2 is 2.19 bits per heavy atom. The second kappa shape index (κ2) is 4.57. The van der Waals surface area contributed by atoms with Gasteiger partial charge in [0.05, 0.1) is 12.2 Å². The maximum Gasteiger partial charge on any atom is 0.222 e. The highest BCUT2D eigenvalue weighted by Crippen LogP contribution is 2.08. The maximum atomic E-state index is 5.55. The van der Waals surface area contributed by atoms with Crippen LogP contribution in [0.2, 0.25) is 0 Å². The van der Waals surface area contributed by atoms with Crippen LogP contribution in [0.25, 0.3) is 0 Å². The van der Waals surface area contributed by atoms with E-state index in [1.807, 2.05) is 31.2 Å². The molecule has 82 valence electrons. The van der Waals surface area contributed by atoms with E-state index in [9.17, 15) is 0 Å². The highest BCUT2D eigenvalue weighted by Gasteiger charge is 1.99. The molecule has 0 aliphatic rings. The van der Waals surface area contributed by atoms with Gasteiger partial charge in [0.25, 0.3) is 0 Å². The summed E-state index contributed by atoms with van der Waals surface area (Å²) in [4.78, 5) is 12.3. The average molecular weight is 215 g/mol. The number of anilines is 2.